The Morgan fingerprint density at radius 3 is 2.29 bits per heavy atom. The number of rotatable bonds is 4. The Bertz CT molecular complexity index is 753. The zero-order chi connectivity index (χ0) is 15.6. The van der Waals surface area contributed by atoms with Crippen molar-refractivity contribution in [3.8, 4) is 5.75 Å². The number of nitrogens with two attached hydrogens (primary N) is 1. The summed E-state index contributed by atoms with van der Waals surface area (Å²) in [7, 11) is -2.34. The summed E-state index contributed by atoms with van der Waals surface area (Å²) in [4.78, 5) is 0.0219. The van der Waals surface area contributed by atoms with E-state index < -0.39 is 10.0 Å². The second kappa shape index (κ2) is 5.65. The van der Waals surface area contributed by atoms with Crippen molar-refractivity contribution in [2.45, 2.75) is 18.7 Å². The van der Waals surface area contributed by atoms with Gasteiger partial charge in [-0.2, -0.15) is 0 Å². The molecule has 2 rings (SSSR count). The van der Waals surface area contributed by atoms with Gasteiger partial charge in [-0.05, 0) is 43.7 Å². The molecule has 0 unspecified atom stereocenters. The first-order valence-corrected chi connectivity index (χ1v) is 7.85. The van der Waals surface area contributed by atoms with Gasteiger partial charge in [0.05, 0.1) is 7.11 Å². The molecule has 2 aromatic rings. The SMILES string of the molecule is COc1cc(C)c(N)cc1S(=O)(=O)Nc1ccc(C)cc1. The molecule has 0 aliphatic heterocycles. The van der Waals surface area contributed by atoms with Crippen LogP contribution >= 0.6 is 0 Å². The van der Waals surface area contributed by atoms with Gasteiger partial charge in [-0.1, -0.05) is 17.7 Å². The summed E-state index contributed by atoms with van der Waals surface area (Å²) in [5.74, 6) is 0.265. The molecule has 0 amide bonds. The first-order valence-electron chi connectivity index (χ1n) is 6.37. The minimum Gasteiger partial charge on any atom is -0.495 e. The number of sulfonamides is 1. The van der Waals surface area contributed by atoms with E-state index in [0.717, 1.165) is 11.1 Å². The zero-order valence-electron chi connectivity index (χ0n) is 12.2. The lowest BCUT2D eigenvalue weighted by Gasteiger charge is -2.13. The summed E-state index contributed by atoms with van der Waals surface area (Å²) < 4.78 is 32.6. The predicted octanol–water partition coefficient (Wildman–Crippen LogP) is 2.70. The van der Waals surface area contributed by atoms with Crippen molar-refractivity contribution in [2.24, 2.45) is 0 Å². The van der Waals surface area contributed by atoms with Gasteiger partial charge in [0, 0.05) is 11.4 Å². The third kappa shape index (κ3) is 3.28. The van der Waals surface area contributed by atoms with Crippen LogP contribution < -0.4 is 15.2 Å². The fourth-order valence-electron chi connectivity index (χ4n) is 1.88. The van der Waals surface area contributed by atoms with Gasteiger partial charge in [0.15, 0.2) is 0 Å². The normalized spacial score (nSPS) is 11.2. The van der Waals surface area contributed by atoms with Crippen molar-refractivity contribution in [3.05, 3.63) is 47.5 Å². The molecule has 5 nitrogen and oxygen atoms in total. The van der Waals surface area contributed by atoms with Gasteiger partial charge in [0.2, 0.25) is 0 Å². The quantitative estimate of drug-likeness (QED) is 0.851. The molecule has 0 fully saturated rings. The number of methoxy groups -OCH3 is 1. The molecule has 0 heterocycles. The maximum absolute atomic E-state index is 12.5. The maximum Gasteiger partial charge on any atom is 0.265 e. The van der Waals surface area contributed by atoms with E-state index in [-0.39, 0.29) is 10.6 Å². The van der Waals surface area contributed by atoms with E-state index >= 15 is 0 Å². The molecule has 0 aromatic heterocycles. The Kier molecular flexibility index (Phi) is 4.09. The van der Waals surface area contributed by atoms with Crippen LogP contribution in [0, 0.1) is 13.8 Å². The van der Waals surface area contributed by atoms with Gasteiger partial charge < -0.3 is 10.5 Å². The highest BCUT2D eigenvalue weighted by Crippen LogP contribution is 2.30. The Morgan fingerprint density at radius 2 is 1.71 bits per heavy atom. The molecule has 0 atom stereocenters. The molecule has 0 aliphatic rings. The fourth-order valence-corrected chi connectivity index (χ4v) is 3.12. The molecule has 21 heavy (non-hydrogen) atoms. The van der Waals surface area contributed by atoms with Crippen LogP contribution in [0.5, 0.6) is 5.75 Å². The van der Waals surface area contributed by atoms with Gasteiger partial charge in [0.25, 0.3) is 10.0 Å². The van der Waals surface area contributed by atoms with Crippen LogP contribution in [0.15, 0.2) is 41.3 Å². The number of hydrogen-bond donors (Lipinski definition) is 2. The van der Waals surface area contributed by atoms with Crippen molar-refractivity contribution in [2.75, 3.05) is 17.6 Å². The van der Waals surface area contributed by atoms with Crippen LogP contribution in [0.1, 0.15) is 11.1 Å². The monoisotopic (exact) mass is 306 g/mol. The van der Waals surface area contributed by atoms with E-state index in [4.69, 9.17) is 10.5 Å². The van der Waals surface area contributed by atoms with Crippen LogP contribution in [-0.2, 0) is 10.0 Å². The Labute approximate surface area is 124 Å². The standard InChI is InChI=1S/C15H18N2O3S/c1-10-4-6-12(7-5-10)17-21(18,19)15-9-13(16)11(2)8-14(15)20-3/h4-9,17H,16H2,1-3H3. The lowest BCUT2D eigenvalue weighted by Crippen LogP contribution is -2.14. The summed E-state index contributed by atoms with van der Waals surface area (Å²) in [6.07, 6.45) is 0. The molecule has 112 valence electrons. The Balaban J connectivity index is 2.44. The van der Waals surface area contributed by atoms with Gasteiger partial charge >= 0.3 is 0 Å². The highest BCUT2D eigenvalue weighted by molar-refractivity contribution is 7.92. The van der Waals surface area contributed by atoms with E-state index in [1.807, 2.05) is 19.1 Å². The summed E-state index contributed by atoms with van der Waals surface area (Å²) in [5.41, 5.74) is 8.51. The van der Waals surface area contributed by atoms with Crippen molar-refractivity contribution in [3.63, 3.8) is 0 Å². The largest absolute Gasteiger partial charge is 0.495 e. The molecule has 6 heteroatoms. The van der Waals surface area contributed by atoms with E-state index in [1.165, 1.54) is 13.2 Å². The Morgan fingerprint density at radius 1 is 1.10 bits per heavy atom. The second-order valence-corrected chi connectivity index (χ2v) is 6.48. The first kappa shape index (κ1) is 15.2. The molecular formula is C15H18N2O3S. The highest BCUT2D eigenvalue weighted by Gasteiger charge is 2.21. The number of nitrogen functional groups attached to an aromatic ring is 1. The molecule has 0 bridgehead atoms. The van der Waals surface area contributed by atoms with E-state index in [0.29, 0.717) is 11.4 Å². The van der Waals surface area contributed by atoms with E-state index in [9.17, 15) is 8.42 Å². The predicted molar refractivity (Wildman–Crippen MR) is 84.1 cm³/mol. The fraction of sp³-hybridized carbons (Fsp3) is 0.200. The van der Waals surface area contributed by atoms with Crippen LogP contribution in [0.2, 0.25) is 0 Å². The van der Waals surface area contributed by atoms with Crippen molar-refractivity contribution in [1.82, 2.24) is 0 Å². The van der Waals surface area contributed by atoms with Crippen molar-refractivity contribution >= 4 is 21.4 Å². The van der Waals surface area contributed by atoms with E-state index in [1.54, 1.807) is 25.1 Å². The highest BCUT2D eigenvalue weighted by atomic mass is 32.2. The van der Waals surface area contributed by atoms with Crippen LogP contribution in [0.4, 0.5) is 11.4 Å². The molecule has 0 radical (unpaired) electrons. The average Bonchev–Trinajstić information content (AvgIpc) is 2.43. The Hall–Kier alpha value is -2.21. The maximum atomic E-state index is 12.5. The van der Waals surface area contributed by atoms with Gasteiger partial charge in [-0.3, -0.25) is 4.72 Å². The minimum atomic E-state index is -3.76. The first-order chi connectivity index (χ1) is 9.83. The number of aryl methyl sites for hydroxylation is 2. The molecule has 0 saturated carbocycles. The van der Waals surface area contributed by atoms with Crippen LogP contribution in [-0.4, -0.2) is 15.5 Å². The number of benzene rings is 2. The van der Waals surface area contributed by atoms with Crippen molar-refractivity contribution in [1.29, 1.82) is 0 Å². The smallest absolute Gasteiger partial charge is 0.265 e. The lowest BCUT2D eigenvalue weighted by molar-refractivity contribution is 0.402. The van der Waals surface area contributed by atoms with Crippen LogP contribution in [0.25, 0.3) is 0 Å². The zero-order valence-corrected chi connectivity index (χ0v) is 13.0. The van der Waals surface area contributed by atoms with E-state index in [2.05, 4.69) is 4.72 Å². The number of hydrogen-bond acceptors (Lipinski definition) is 4. The third-order valence-corrected chi connectivity index (χ3v) is 4.55. The van der Waals surface area contributed by atoms with Crippen LogP contribution in [0.3, 0.4) is 0 Å². The summed E-state index contributed by atoms with van der Waals surface area (Å²) >= 11 is 0. The van der Waals surface area contributed by atoms with Gasteiger partial charge in [-0.15, -0.1) is 0 Å². The topological polar surface area (TPSA) is 81.4 Å². The van der Waals surface area contributed by atoms with Gasteiger partial charge in [-0.25, -0.2) is 8.42 Å². The molecule has 0 saturated heterocycles. The second-order valence-electron chi connectivity index (χ2n) is 4.83. The number of nitrogens with one attached hydrogen (secondary N) is 1. The lowest BCUT2D eigenvalue weighted by atomic mass is 10.2. The molecule has 0 aliphatic carbocycles. The molecule has 3 N–H and O–H groups in total. The summed E-state index contributed by atoms with van der Waals surface area (Å²) in [5, 5.41) is 0. The minimum absolute atomic E-state index is 0.0219. The number of anilines is 2. The molecular weight excluding hydrogens is 288 g/mol. The van der Waals surface area contributed by atoms with Crippen molar-refractivity contribution < 1.29 is 13.2 Å². The summed E-state index contributed by atoms with van der Waals surface area (Å²) in [6.45, 7) is 3.73. The average molecular weight is 306 g/mol. The third-order valence-electron chi connectivity index (χ3n) is 3.15. The molecule has 2 aromatic carbocycles. The number of ether oxygens (including phenoxy) is 1. The molecule has 0 spiro atoms. The van der Waals surface area contributed by atoms with Gasteiger partial charge in [0.1, 0.15) is 10.6 Å². The summed E-state index contributed by atoms with van der Waals surface area (Å²) in [6, 6.07) is 10.1.